The summed E-state index contributed by atoms with van der Waals surface area (Å²) in [5.74, 6) is 0.789. The van der Waals surface area contributed by atoms with Crippen LogP contribution in [0, 0.1) is 0 Å². The molecular weight excluding hydrogens is 296 g/mol. The maximum absolute atomic E-state index is 4.53. The Hall–Kier alpha value is -1.99. The smallest absolute Gasteiger partial charge is 0.227 e. The van der Waals surface area contributed by atoms with Gasteiger partial charge in [0.1, 0.15) is 5.52 Å². The molecule has 0 radical (unpaired) electrons. The zero-order chi connectivity index (χ0) is 14.8. The van der Waals surface area contributed by atoms with E-state index in [0.29, 0.717) is 0 Å². The highest BCUT2D eigenvalue weighted by atomic mass is 32.1. The predicted octanol–water partition coefficient (Wildman–Crippen LogP) is 1.78. The van der Waals surface area contributed by atoms with Crippen LogP contribution >= 0.6 is 11.3 Å². The summed E-state index contributed by atoms with van der Waals surface area (Å²) in [7, 11) is 0. The van der Waals surface area contributed by atoms with E-state index in [4.69, 9.17) is 0 Å². The van der Waals surface area contributed by atoms with Crippen molar-refractivity contribution < 1.29 is 0 Å². The van der Waals surface area contributed by atoms with Crippen LogP contribution in [0.1, 0.15) is 4.88 Å². The second kappa shape index (κ2) is 6.02. The molecule has 0 amide bonds. The van der Waals surface area contributed by atoms with Gasteiger partial charge < -0.3 is 9.88 Å². The van der Waals surface area contributed by atoms with Gasteiger partial charge in [0.25, 0.3) is 0 Å². The lowest BCUT2D eigenvalue weighted by atomic mass is 10.2. The molecule has 6 nitrogen and oxygen atoms in total. The Kier molecular flexibility index (Phi) is 3.74. The molecule has 0 aromatic carbocycles. The molecule has 0 atom stereocenters. The molecule has 7 heteroatoms. The summed E-state index contributed by atoms with van der Waals surface area (Å²) in [6.45, 7) is 5.20. The molecule has 1 fully saturated rings. The summed E-state index contributed by atoms with van der Waals surface area (Å²) >= 11 is 1.84. The SMILES string of the molecule is c1csc(CCN2CCN(c3ncc4[nH]cnc4n3)CC2)c1. The van der Waals surface area contributed by atoms with E-state index in [2.05, 4.69) is 47.2 Å². The molecule has 3 aromatic heterocycles. The third kappa shape index (κ3) is 2.82. The topological polar surface area (TPSA) is 60.9 Å². The van der Waals surface area contributed by atoms with Crippen LogP contribution in [0.25, 0.3) is 11.2 Å². The molecule has 1 aliphatic heterocycles. The highest BCUT2D eigenvalue weighted by Gasteiger charge is 2.19. The number of thiophene rings is 1. The van der Waals surface area contributed by atoms with Gasteiger partial charge in [0.2, 0.25) is 5.95 Å². The number of piperazine rings is 1. The van der Waals surface area contributed by atoms with Gasteiger partial charge in [-0.1, -0.05) is 6.07 Å². The van der Waals surface area contributed by atoms with Crippen molar-refractivity contribution >= 4 is 28.4 Å². The first-order valence-corrected chi connectivity index (χ1v) is 8.42. The first-order valence-electron chi connectivity index (χ1n) is 7.54. The fraction of sp³-hybridized carbons (Fsp3) is 0.400. The van der Waals surface area contributed by atoms with Crippen LogP contribution in [0.4, 0.5) is 5.95 Å². The average Bonchev–Trinajstić information content (AvgIpc) is 3.24. The van der Waals surface area contributed by atoms with E-state index in [1.165, 1.54) is 4.88 Å². The minimum atomic E-state index is 0.741. The lowest BCUT2D eigenvalue weighted by Gasteiger charge is -2.34. The molecule has 22 heavy (non-hydrogen) atoms. The lowest BCUT2D eigenvalue weighted by molar-refractivity contribution is 0.260. The minimum absolute atomic E-state index is 0.741. The second-order valence-corrected chi connectivity index (χ2v) is 6.50. The highest BCUT2D eigenvalue weighted by molar-refractivity contribution is 7.09. The summed E-state index contributed by atoms with van der Waals surface area (Å²) in [5.41, 5.74) is 1.63. The molecule has 4 rings (SSSR count). The van der Waals surface area contributed by atoms with Gasteiger partial charge in [-0.05, 0) is 17.9 Å². The summed E-state index contributed by atoms with van der Waals surface area (Å²) in [4.78, 5) is 22.4. The van der Waals surface area contributed by atoms with E-state index in [-0.39, 0.29) is 0 Å². The van der Waals surface area contributed by atoms with Crippen molar-refractivity contribution in [1.82, 2.24) is 24.8 Å². The Labute approximate surface area is 132 Å². The van der Waals surface area contributed by atoms with Gasteiger partial charge >= 0.3 is 0 Å². The largest absolute Gasteiger partial charge is 0.342 e. The van der Waals surface area contributed by atoms with Crippen LogP contribution in [0.5, 0.6) is 0 Å². The number of aromatic nitrogens is 4. The average molecular weight is 314 g/mol. The third-order valence-corrected chi connectivity index (χ3v) is 5.01. The summed E-state index contributed by atoms with van der Waals surface area (Å²) in [6, 6.07) is 4.34. The Morgan fingerprint density at radius 3 is 2.91 bits per heavy atom. The molecule has 0 saturated carbocycles. The molecular formula is C15H18N6S. The van der Waals surface area contributed by atoms with E-state index in [9.17, 15) is 0 Å². The molecule has 3 aromatic rings. The molecule has 114 valence electrons. The number of rotatable bonds is 4. The van der Waals surface area contributed by atoms with Crippen LogP contribution in [-0.4, -0.2) is 57.6 Å². The molecule has 0 unspecified atom stereocenters. The molecule has 0 aliphatic carbocycles. The van der Waals surface area contributed by atoms with E-state index in [1.54, 1.807) is 6.33 Å². The predicted molar refractivity (Wildman–Crippen MR) is 88.4 cm³/mol. The van der Waals surface area contributed by atoms with Crippen LogP contribution in [0.3, 0.4) is 0 Å². The summed E-state index contributed by atoms with van der Waals surface area (Å²) < 4.78 is 0. The number of hydrogen-bond acceptors (Lipinski definition) is 6. The zero-order valence-electron chi connectivity index (χ0n) is 12.3. The standard InChI is InChI=1S/C15H18N6S/c1-2-12(22-9-1)3-4-20-5-7-21(8-6-20)15-16-10-13-14(19-15)18-11-17-13/h1-2,9-11H,3-8H2,(H,16,17,18,19). The number of nitrogens with zero attached hydrogens (tertiary/aromatic N) is 5. The number of hydrogen-bond donors (Lipinski definition) is 1. The van der Waals surface area contributed by atoms with Crippen molar-refractivity contribution in [3.8, 4) is 0 Å². The van der Waals surface area contributed by atoms with Crippen molar-refractivity contribution in [2.45, 2.75) is 6.42 Å². The quantitative estimate of drug-likeness (QED) is 0.795. The first-order chi connectivity index (χ1) is 10.9. The Morgan fingerprint density at radius 2 is 2.09 bits per heavy atom. The Morgan fingerprint density at radius 1 is 1.18 bits per heavy atom. The Balaban J connectivity index is 1.34. The van der Waals surface area contributed by atoms with Gasteiger partial charge in [0, 0.05) is 37.6 Å². The van der Waals surface area contributed by atoms with Crippen LogP contribution in [0.2, 0.25) is 0 Å². The second-order valence-electron chi connectivity index (χ2n) is 5.47. The minimum Gasteiger partial charge on any atom is -0.342 e. The maximum Gasteiger partial charge on any atom is 0.227 e. The van der Waals surface area contributed by atoms with Crippen molar-refractivity contribution in [2.75, 3.05) is 37.6 Å². The van der Waals surface area contributed by atoms with Crippen molar-refractivity contribution in [2.24, 2.45) is 0 Å². The Bertz CT molecular complexity index is 729. The van der Waals surface area contributed by atoms with E-state index in [0.717, 1.165) is 56.3 Å². The first kappa shape index (κ1) is 13.7. The monoisotopic (exact) mass is 314 g/mol. The molecule has 0 spiro atoms. The zero-order valence-corrected chi connectivity index (χ0v) is 13.1. The van der Waals surface area contributed by atoms with Crippen molar-refractivity contribution in [3.63, 3.8) is 0 Å². The number of anilines is 1. The van der Waals surface area contributed by atoms with Gasteiger partial charge in [0.15, 0.2) is 5.65 Å². The van der Waals surface area contributed by atoms with E-state index >= 15 is 0 Å². The highest BCUT2D eigenvalue weighted by Crippen LogP contribution is 2.15. The number of imidazole rings is 1. The molecule has 4 heterocycles. The fourth-order valence-corrected chi connectivity index (χ4v) is 3.47. The van der Waals surface area contributed by atoms with Crippen LogP contribution < -0.4 is 4.90 Å². The maximum atomic E-state index is 4.53. The molecule has 0 bridgehead atoms. The summed E-state index contributed by atoms with van der Waals surface area (Å²) in [6.07, 6.45) is 4.62. The molecule has 1 saturated heterocycles. The fourth-order valence-electron chi connectivity index (χ4n) is 2.77. The van der Waals surface area contributed by atoms with Crippen LogP contribution in [-0.2, 0) is 6.42 Å². The number of H-pyrrole nitrogens is 1. The number of fused-ring (bicyclic) bond motifs is 1. The lowest BCUT2D eigenvalue weighted by Crippen LogP contribution is -2.47. The van der Waals surface area contributed by atoms with Gasteiger partial charge in [-0.25, -0.2) is 9.97 Å². The molecule has 1 N–H and O–H groups in total. The van der Waals surface area contributed by atoms with Gasteiger partial charge in [0.05, 0.1) is 12.5 Å². The van der Waals surface area contributed by atoms with E-state index in [1.807, 2.05) is 17.5 Å². The summed E-state index contributed by atoms with van der Waals surface area (Å²) in [5, 5.41) is 2.15. The van der Waals surface area contributed by atoms with Crippen molar-refractivity contribution in [1.29, 1.82) is 0 Å². The van der Waals surface area contributed by atoms with Crippen LogP contribution in [0.15, 0.2) is 30.0 Å². The van der Waals surface area contributed by atoms with Gasteiger partial charge in [-0.3, -0.25) is 4.90 Å². The third-order valence-electron chi connectivity index (χ3n) is 4.07. The van der Waals surface area contributed by atoms with E-state index < -0.39 is 0 Å². The van der Waals surface area contributed by atoms with Gasteiger partial charge in [-0.2, -0.15) is 4.98 Å². The molecule has 1 aliphatic rings. The number of nitrogens with one attached hydrogen (secondary N) is 1. The number of aromatic amines is 1. The van der Waals surface area contributed by atoms with Crippen molar-refractivity contribution in [3.05, 3.63) is 34.9 Å². The normalized spacial score (nSPS) is 16.5. The van der Waals surface area contributed by atoms with Gasteiger partial charge in [-0.15, -0.1) is 11.3 Å².